The molecule has 0 fully saturated rings. The van der Waals surface area contributed by atoms with Crippen LogP contribution in [0, 0.1) is 0 Å². The van der Waals surface area contributed by atoms with E-state index in [-0.39, 0.29) is 6.04 Å². The minimum atomic E-state index is 0.164. The van der Waals surface area contributed by atoms with Crippen LogP contribution in [0.5, 0.6) is 5.75 Å². The van der Waals surface area contributed by atoms with E-state index >= 15 is 0 Å². The summed E-state index contributed by atoms with van der Waals surface area (Å²) in [4.78, 5) is 0. The van der Waals surface area contributed by atoms with Crippen molar-refractivity contribution in [3.05, 3.63) is 65.7 Å². The number of hydrogen-bond donors (Lipinski definition) is 1. The lowest BCUT2D eigenvalue weighted by Crippen LogP contribution is -2.25. The SMILES string of the molecule is COCCNC(c1ccccc1)c1ccc(OC)cc1. The van der Waals surface area contributed by atoms with Crippen LogP contribution in [0.4, 0.5) is 0 Å². The van der Waals surface area contributed by atoms with Gasteiger partial charge in [-0.15, -0.1) is 0 Å². The van der Waals surface area contributed by atoms with Crippen LogP contribution in [-0.4, -0.2) is 27.4 Å². The predicted molar refractivity (Wildman–Crippen MR) is 81.2 cm³/mol. The van der Waals surface area contributed by atoms with Gasteiger partial charge in [0.25, 0.3) is 0 Å². The second kappa shape index (κ2) is 7.68. The van der Waals surface area contributed by atoms with Gasteiger partial charge in [-0.3, -0.25) is 0 Å². The van der Waals surface area contributed by atoms with E-state index < -0.39 is 0 Å². The van der Waals surface area contributed by atoms with Crippen LogP contribution in [0.25, 0.3) is 0 Å². The van der Waals surface area contributed by atoms with E-state index in [1.165, 1.54) is 11.1 Å². The maximum atomic E-state index is 5.21. The van der Waals surface area contributed by atoms with E-state index in [2.05, 4.69) is 41.7 Å². The molecule has 1 unspecified atom stereocenters. The first-order valence-electron chi connectivity index (χ1n) is 6.76. The second-order valence-corrected chi connectivity index (χ2v) is 4.56. The summed E-state index contributed by atoms with van der Waals surface area (Å²) in [5, 5.41) is 3.52. The fraction of sp³-hybridized carbons (Fsp3) is 0.294. The fourth-order valence-electron chi connectivity index (χ4n) is 2.18. The van der Waals surface area contributed by atoms with Gasteiger partial charge in [0.15, 0.2) is 0 Å². The van der Waals surface area contributed by atoms with Crippen molar-refractivity contribution in [1.29, 1.82) is 0 Å². The van der Waals surface area contributed by atoms with Crippen LogP contribution in [-0.2, 0) is 4.74 Å². The molecule has 3 nitrogen and oxygen atoms in total. The maximum Gasteiger partial charge on any atom is 0.118 e. The normalized spacial score (nSPS) is 12.1. The molecule has 0 saturated carbocycles. The molecule has 0 spiro atoms. The summed E-state index contributed by atoms with van der Waals surface area (Å²) >= 11 is 0. The molecule has 2 aromatic rings. The Bertz CT molecular complexity index is 496. The Morgan fingerprint density at radius 2 is 1.55 bits per heavy atom. The quantitative estimate of drug-likeness (QED) is 0.785. The molecular formula is C17H21NO2. The Morgan fingerprint density at radius 1 is 0.900 bits per heavy atom. The summed E-state index contributed by atoms with van der Waals surface area (Å²) in [5.41, 5.74) is 2.46. The van der Waals surface area contributed by atoms with Gasteiger partial charge in [-0.2, -0.15) is 0 Å². The van der Waals surface area contributed by atoms with E-state index in [9.17, 15) is 0 Å². The van der Waals surface area contributed by atoms with Gasteiger partial charge in [0.1, 0.15) is 5.75 Å². The summed E-state index contributed by atoms with van der Waals surface area (Å²) in [6.07, 6.45) is 0. The number of rotatable bonds is 7. The molecule has 0 radical (unpaired) electrons. The smallest absolute Gasteiger partial charge is 0.118 e. The van der Waals surface area contributed by atoms with Crippen molar-refractivity contribution in [2.75, 3.05) is 27.4 Å². The average molecular weight is 271 g/mol. The standard InChI is InChI=1S/C17H21NO2/c1-19-13-12-18-17(14-6-4-3-5-7-14)15-8-10-16(20-2)11-9-15/h3-11,17-18H,12-13H2,1-2H3. The van der Waals surface area contributed by atoms with Crippen LogP contribution in [0.1, 0.15) is 17.2 Å². The number of benzene rings is 2. The minimum Gasteiger partial charge on any atom is -0.497 e. The first kappa shape index (κ1) is 14.6. The van der Waals surface area contributed by atoms with Crippen molar-refractivity contribution in [1.82, 2.24) is 5.32 Å². The Hall–Kier alpha value is -1.84. The topological polar surface area (TPSA) is 30.5 Å². The first-order chi connectivity index (χ1) is 9.85. The summed E-state index contributed by atoms with van der Waals surface area (Å²) in [7, 11) is 3.40. The van der Waals surface area contributed by atoms with E-state index in [0.717, 1.165) is 12.3 Å². The highest BCUT2D eigenvalue weighted by molar-refractivity contribution is 5.35. The van der Waals surface area contributed by atoms with Crippen LogP contribution < -0.4 is 10.1 Å². The van der Waals surface area contributed by atoms with Gasteiger partial charge in [0.05, 0.1) is 19.8 Å². The molecule has 1 atom stereocenters. The lowest BCUT2D eigenvalue weighted by Gasteiger charge is -2.20. The Kier molecular flexibility index (Phi) is 5.59. The number of nitrogens with one attached hydrogen (secondary N) is 1. The van der Waals surface area contributed by atoms with E-state index in [1.807, 2.05) is 18.2 Å². The number of ether oxygens (including phenoxy) is 2. The maximum absolute atomic E-state index is 5.21. The van der Waals surface area contributed by atoms with Crippen molar-refractivity contribution in [2.45, 2.75) is 6.04 Å². The molecule has 20 heavy (non-hydrogen) atoms. The molecule has 0 saturated heterocycles. The monoisotopic (exact) mass is 271 g/mol. The van der Waals surface area contributed by atoms with Crippen molar-refractivity contribution >= 4 is 0 Å². The molecule has 2 aromatic carbocycles. The van der Waals surface area contributed by atoms with Gasteiger partial charge in [0, 0.05) is 13.7 Å². The zero-order valence-corrected chi connectivity index (χ0v) is 12.0. The van der Waals surface area contributed by atoms with E-state index in [1.54, 1.807) is 14.2 Å². The van der Waals surface area contributed by atoms with Gasteiger partial charge in [-0.1, -0.05) is 42.5 Å². The molecule has 1 N–H and O–H groups in total. The Balaban J connectivity index is 2.20. The van der Waals surface area contributed by atoms with Crippen LogP contribution in [0.3, 0.4) is 0 Å². The Morgan fingerprint density at radius 3 is 2.15 bits per heavy atom. The highest BCUT2D eigenvalue weighted by Crippen LogP contribution is 2.23. The summed E-state index contributed by atoms with van der Waals surface area (Å²) < 4.78 is 10.3. The molecule has 2 rings (SSSR count). The fourth-order valence-corrected chi connectivity index (χ4v) is 2.18. The second-order valence-electron chi connectivity index (χ2n) is 4.56. The molecule has 0 bridgehead atoms. The third-order valence-electron chi connectivity index (χ3n) is 3.24. The minimum absolute atomic E-state index is 0.164. The molecule has 0 aliphatic heterocycles. The van der Waals surface area contributed by atoms with Gasteiger partial charge in [-0.05, 0) is 23.3 Å². The van der Waals surface area contributed by atoms with Gasteiger partial charge >= 0.3 is 0 Å². The largest absolute Gasteiger partial charge is 0.497 e. The van der Waals surface area contributed by atoms with Crippen LogP contribution >= 0.6 is 0 Å². The number of hydrogen-bond acceptors (Lipinski definition) is 3. The zero-order chi connectivity index (χ0) is 14.2. The van der Waals surface area contributed by atoms with Gasteiger partial charge < -0.3 is 14.8 Å². The molecular weight excluding hydrogens is 250 g/mol. The van der Waals surface area contributed by atoms with Crippen LogP contribution in [0.2, 0.25) is 0 Å². The molecule has 0 amide bonds. The van der Waals surface area contributed by atoms with Gasteiger partial charge in [-0.25, -0.2) is 0 Å². The molecule has 0 aromatic heterocycles. The summed E-state index contributed by atoms with van der Waals surface area (Å²) in [6.45, 7) is 1.50. The molecule has 0 aliphatic rings. The number of methoxy groups -OCH3 is 2. The zero-order valence-electron chi connectivity index (χ0n) is 12.0. The molecule has 0 heterocycles. The third kappa shape index (κ3) is 3.83. The highest BCUT2D eigenvalue weighted by atomic mass is 16.5. The van der Waals surface area contributed by atoms with Crippen molar-refractivity contribution in [3.8, 4) is 5.75 Å². The van der Waals surface area contributed by atoms with Gasteiger partial charge in [0.2, 0.25) is 0 Å². The molecule has 3 heteroatoms. The van der Waals surface area contributed by atoms with Crippen molar-refractivity contribution in [2.24, 2.45) is 0 Å². The van der Waals surface area contributed by atoms with E-state index in [4.69, 9.17) is 9.47 Å². The molecule has 0 aliphatic carbocycles. The lowest BCUT2D eigenvalue weighted by atomic mass is 9.98. The highest BCUT2D eigenvalue weighted by Gasteiger charge is 2.12. The van der Waals surface area contributed by atoms with Crippen LogP contribution in [0.15, 0.2) is 54.6 Å². The average Bonchev–Trinajstić information content (AvgIpc) is 2.53. The Labute approximate surface area is 120 Å². The third-order valence-corrected chi connectivity index (χ3v) is 3.24. The van der Waals surface area contributed by atoms with Crippen molar-refractivity contribution in [3.63, 3.8) is 0 Å². The first-order valence-corrected chi connectivity index (χ1v) is 6.76. The summed E-state index contributed by atoms with van der Waals surface area (Å²) in [5.74, 6) is 0.873. The van der Waals surface area contributed by atoms with Crippen molar-refractivity contribution < 1.29 is 9.47 Å². The van der Waals surface area contributed by atoms with E-state index in [0.29, 0.717) is 6.61 Å². The predicted octanol–water partition coefficient (Wildman–Crippen LogP) is 3.02. The summed E-state index contributed by atoms with van der Waals surface area (Å²) in [6, 6.07) is 18.7. The lowest BCUT2D eigenvalue weighted by molar-refractivity contribution is 0.197. The molecule has 106 valence electrons.